The van der Waals surface area contributed by atoms with E-state index in [0.717, 1.165) is 16.7 Å². The molecule has 1 aliphatic heterocycles. The Morgan fingerprint density at radius 1 is 1.12 bits per heavy atom. The Kier molecular flexibility index (Phi) is 2.54. The van der Waals surface area contributed by atoms with Crippen molar-refractivity contribution in [2.24, 2.45) is 0 Å². The molecule has 16 heavy (non-hydrogen) atoms. The number of hydrogen-bond acceptors (Lipinski definition) is 2. The van der Waals surface area contributed by atoms with Gasteiger partial charge in [0.1, 0.15) is 0 Å². The van der Waals surface area contributed by atoms with E-state index in [1.807, 2.05) is 26.0 Å². The highest BCUT2D eigenvalue weighted by atomic mass is 16.2. The van der Waals surface area contributed by atoms with Gasteiger partial charge >= 0.3 is 0 Å². The summed E-state index contributed by atoms with van der Waals surface area (Å²) in [7, 11) is 1.55. The summed E-state index contributed by atoms with van der Waals surface area (Å²) in [6.07, 6.45) is 0.304. The van der Waals surface area contributed by atoms with Crippen molar-refractivity contribution in [2.75, 3.05) is 7.05 Å². The second-order valence-electron chi connectivity index (χ2n) is 4.47. The van der Waals surface area contributed by atoms with Crippen LogP contribution in [0.25, 0.3) is 0 Å². The summed E-state index contributed by atoms with van der Waals surface area (Å²) in [6.45, 7) is 4.00. The van der Waals surface area contributed by atoms with Gasteiger partial charge in [-0.1, -0.05) is 29.3 Å². The van der Waals surface area contributed by atoms with Crippen LogP contribution >= 0.6 is 0 Å². The van der Waals surface area contributed by atoms with Crippen LogP contribution in [0.15, 0.2) is 18.2 Å². The number of imide groups is 1. The predicted molar refractivity (Wildman–Crippen MR) is 61.1 cm³/mol. The Hall–Kier alpha value is -1.64. The fraction of sp³-hybridized carbons (Fsp3) is 0.385. The smallest absolute Gasteiger partial charge is 0.236 e. The van der Waals surface area contributed by atoms with Gasteiger partial charge in [0.25, 0.3) is 0 Å². The number of amides is 2. The maximum atomic E-state index is 11.8. The third kappa shape index (κ3) is 1.73. The first-order valence-electron chi connectivity index (χ1n) is 5.37. The third-order valence-corrected chi connectivity index (χ3v) is 3.03. The molecule has 0 aliphatic carbocycles. The molecule has 2 amide bonds. The van der Waals surface area contributed by atoms with E-state index in [1.54, 1.807) is 7.05 Å². The summed E-state index contributed by atoms with van der Waals surface area (Å²) in [6, 6.07) is 6.04. The van der Waals surface area contributed by atoms with Gasteiger partial charge in [0.15, 0.2) is 0 Å². The fourth-order valence-corrected chi connectivity index (χ4v) is 2.23. The second-order valence-corrected chi connectivity index (χ2v) is 4.47. The minimum Gasteiger partial charge on any atom is -0.285 e. The third-order valence-electron chi connectivity index (χ3n) is 3.03. The van der Waals surface area contributed by atoms with Crippen LogP contribution < -0.4 is 0 Å². The SMILES string of the molecule is Cc1cc(C)cc([C@H]2CC(=O)N(C)C2=O)c1. The maximum absolute atomic E-state index is 11.8. The van der Waals surface area contributed by atoms with Crippen molar-refractivity contribution >= 4 is 11.8 Å². The number of aryl methyl sites for hydroxylation is 2. The van der Waals surface area contributed by atoms with Gasteiger partial charge in [-0.05, 0) is 19.4 Å². The highest BCUT2D eigenvalue weighted by molar-refractivity contribution is 6.05. The van der Waals surface area contributed by atoms with Crippen LogP contribution in [0.4, 0.5) is 0 Å². The molecule has 1 atom stereocenters. The molecule has 0 spiro atoms. The van der Waals surface area contributed by atoms with Crippen molar-refractivity contribution in [3.05, 3.63) is 34.9 Å². The molecule has 1 aliphatic rings. The Morgan fingerprint density at radius 3 is 2.12 bits per heavy atom. The van der Waals surface area contributed by atoms with Crippen molar-refractivity contribution in [3.63, 3.8) is 0 Å². The maximum Gasteiger partial charge on any atom is 0.236 e. The molecule has 0 unspecified atom stereocenters. The first kappa shape index (κ1) is 10.9. The zero-order valence-electron chi connectivity index (χ0n) is 9.78. The Balaban J connectivity index is 2.38. The quantitative estimate of drug-likeness (QED) is 0.672. The van der Waals surface area contributed by atoms with Crippen molar-refractivity contribution in [3.8, 4) is 0 Å². The Morgan fingerprint density at radius 2 is 1.69 bits per heavy atom. The van der Waals surface area contributed by atoms with Gasteiger partial charge in [-0.15, -0.1) is 0 Å². The molecule has 0 radical (unpaired) electrons. The molecule has 2 rings (SSSR count). The van der Waals surface area contributed by atoms with Gasteiger partial charge in [-0.2, -0.15) is 0 Å². The van der Waals surface area contributed by atoms with Crippen molar-refractivity contribution in [2.45, 2.75) is 26.2 Å². The molecule has 0 N–H and O–H groups in total. The van der Waals surface area contributed by atoms with Crippen molar-refractivity contribution in [1.29, 1.82) is 0 Å². The summed E-state index contributed by atoms with van der Waals surface area (Å²) >= 11 is 0. The van der Waals surface area contributed by atoms with Gasteiger partial charge in [0.2, 0.25) is 11.8 Å². The number of carbonyl (C=O) groups excluding carboxylic acids is 2. The average molecular weight is 217 g/mol. The largest absolute Gasteiger partial charge is 0.285 e. The van der Waals surface area contributed by atoms with Gasteiger partial charge < -0.3 is 0 Å². The number of hydrogen-bond donors (Lipinski definition) is 0. The monoisotopic (exact) mass is 217 g/mol. The van der Waals surface area contributed by atoms with E-state index < -0.39 is 0 Å². The lowest BCUT2D eigenvalue weighted by Gasteiger charge is -2.10. The van der Waals surface area contributed by atoms with E-state index in [1.165, 1.54) is 4.90 Å². The molecule has 1 heterocycles. The minimum absolute atomic E-state index is 0.0880. The number of likely N-dealkylation sites (N-methyl/N-ethyl adjacent to an activating group) is 1. The lowest BCUT2D eigenvalue weighted by atomic mass is 9.94. The zero-order valence-corrected chi connectivity index (χ0v) is 9.78. The van der Waals surface area contributed by atoms with Gasteiger partial charge in [0.05, 0.1) is 5.92 Å². The first-order valence-corrected chi connectivity index (χ1v) is 5.37. The number of benzene rings is 1. The molecule has 84 valence electrons. The summed E-state index contributed by atoms with van der Waals surface area (Å²) in [4.78, 5) is 24.5. The predicted octanol–water partition coefficient (Wildman–Crippen LogP) is 1.78. The summed E-state index contributed by atoms with van der Waals surface area (Å²) in [5.74, 6) is -0.458. The van der Waals surface area contributed by atoms with Crippen molar-refractivity contribution in [1.82, 2.24) is 4.90 Å². The number of likely N-dealkylation sites (tertiary alicyclic amines) is 1. The molecule has 0 bridgehead atoms. The normalized spacial score (nSPS) is 20.7. The second kappa shape index (κ2) is 3.74. The van der Waals surface area contributed by atoms with E-state index >= 15 is 0 Å². The minimum atomic E-state index is -0.281. The molecule has 1 aromatic rings. The summed E-state index contributed by atoms with van der Waals surface area (Å²) in [5.41, 5.74) is 3.22. The van der Waals surface area contributed by atoms with Crippen LogP contribution in [-0.4, -0.2) is 23.8 Å². The van der Waals surface area contributed by atoms with Gasteiger partial charge in [-0.25, -0.2) is 0 Å². The Labute approximate surface area is 95.1 Å². The van der Waals surface area contributed by atoms with Gasteiger partial charge in [0, 0.05) is 13.5 Å². The van der Waals surface area contributed by atoms with Crippen LogP contribution in [-0.2, 0) is 9.59 Å². The topological polar surface area (TPSA) is 37.4 Å². The van der Waals surface area contributed by atoms with Crippen LogP contribution in [0, 0.1) is 13.8 Å². The van der Waals surface area contributed by atoms with E-state index in [-0.39, 0.29) is 17.7 Å². The number of carbonyl (C=O) groups is 2. The molecule has 3 nitrogen and oxygen atoms in total. The lowest BCUT2D eigenvalue weighted by molar-refractivity contribution is -0.137. The van der Waals surface area contributed by atoms with Crippen LogP contribution in [0.3, 0.4) is 0 Å². The van der Waals surface area contributed by atoms with Crippen molar-refractivity contribution < 1.29 is 9.59 Å². The molecule has 3 heteroatoms. The number of nitrogens with zero attached hydrogens (tertiary/aromatic N) is 1. The van der Waals surface area contributed by atoms with E-state index in [2.05, 4.69) is 6.07 Å². The highest BCUT2D eigenvalue weighted by Crippen LogP contribution is 2.29. The molecule has 1 fully saturated rings. The highest BCUT2D eigenvalue weighted by Gasteiger charge is 2.36. The van der Waals surface area contributed by atoms with Crippen LogP contribution in [0.1, 0.15) is 29.0 Å². The molecule has 1 aromatic carbocycles. The standard InChI is InChI=1S/C13H15NO2/c1-8-4-9(2)6-10(5-8)11-7-12(15)14(3)13(11)16/h4-6,11H,7H2,1-3H3/t11-/m1/s1. The summed E-state index contributed by atoms with van der Waals surface area (Å²) < 4.78 is 0. The summed E-state index contributed by atoms with van der Waals surface area (Å²) in [5, 5.41) is 0. The van der Waals surface area contributed by atoms with E-state index in [9.17, 15) is 9.59 Å². The molecule has 0 saturated carbocycles. The van der Waals surface area contributed by atoms with Gasteiger partial charge in [-0.3, -0.25) is 14.5 Å². The molecule has 0 aromatic heterocycles. The average Bonchev–Trinajstić information content (AvgIpc) is 2.44. The van der Waals surface area contributed by atoms with Crippen LogP contribution in [0.2, 0.25) is 0 Å². The molecular weight excluding hydrogens is 202 g/mol. The molecular formula is C13H15NO2. The zero-order chi connectivity index (χ0) is 11.9. The Bertz CT molecular complexity index is 445. The molecule has 1 saturated heterocycles. The fourth-order valence-electron chi connectivity index (χ4n) is 2.23. The number of rotatable bonds is 1. The first-order chi connectivity index (χ1) is 7.49. The van der Waals surface area contributed by atoms with Crippen LogP contribution in [0.5, 0.6) is 0 Å². The lowest BCUT2D eigenvalue weighted by Crippen LogP contribution is -2.25. The van der Waals surface area contributed by atoms with E-state index in [0.29, 0.717) is 6.42 Å². The van der Waals surface area contributed by atoms with E-state index in [4.69, 9.17) is 0 Å².